The molecule has 1 fully saturated rings. The van der Waals surface area contributed by atoms with Gasteiger partial charge in [-0.1, -0.05) is 5.16 Å². The highest BCUT2D eigenvalue weighted by Gasteiger charge is 2.29. The number of hydrogen-bond acceptors (Lipinski definition) is 5. The van der Waals surface area contributed by atoms with E-state index in [1.54, 1.807) is 4.90 Å². The van der Waals surface area contributed by atoms with E-state index in [0.717, 1.165) is 24.1 Å². The number of nitrogens with one attached hydrogen (secondary N) is 1. The van der Waals surface area contributed by atoms with Crippen LogP contribution in [-0.4, -0.2) is 44.0 Å². The molecular formula is C18H18FN5O2. The summed E-state index contributed by atoms with van der Waals surface area (Å²) in [6, 6.07) is 4.59. The smallest absolute Gasteiger partial charge is 0.255 e. The van der Waals surface area contributed by atoms with E-state index in [1.807, 2.05) is 19.2 Å². The highest BCUT2D eigenvalue weighted by molar-refractivity contribution is 5.94. The Balaban J connectivity index is 1.49. The number of aromatic amines is 1. The largest absolute Gasteiger partial charge is 0.358 e. The van der Waals surface area contributed by atoms with Crippen molar-refractivity contribution in [2.24, 2.45) is 0 Å². The van der Waals surface area contributed by atoms with Gasteiger partial charge in [0.2, 0.25) is 17.7 Å². The van der Waals surface area contributed by atoms with Crippen LogP contribution in [0.4, 0.5) is 4.39 Å². The van der Waals surface area contributed by atoms with E-state index in [9.17, 15) is 9.18 Å². The Morgan fingerprint density at radius 1 is 1.42 bits per heavy atom. The molecule has 1 N–H and O–H groups in total. The summed E-state index contributed by atoms with van der Waals surface area (Å²) in [5.41, 5.74) is 2.27. The van der Waals surface area contributed by atoms with Gasteiger partial charge in [0.25, 0.3) is 5.91 Å². The third kappa shape index (κ3) is 3.22. The molecule has 8 heteroatoms. The zero-order chi connectivity index (χ0) is 18.1. The van der Waals surface area contributed by atoms with Gasteiger partial charge in [0.1, 0.15) is 0 Å². The van der Waals surface area contributed by atoms with Gasteiger partial charge in [-0.15, -0.1) is 0 Å². The summed E-state index contributed by atoms with van der Waals surface area (Å²) in [4.78, 5) is 25.5. The molecule has 1 aliphatic rings. The predicted octanol–water partition coefficient (Wildman–Crippen LogP) is 2.93. The van der Waals surface area contributed by atoms with Gasteiger partial charge < -0.3 is 14.4 Å². The van der Waals surface area contributed by atoms with Gasteiger partial charge in [0.05, 0.1) is 17.2 Å². The molecule has 1 aliphatic heterocycles. The minimum atomic E-state index is -0.601. The molecule has 0 aromatic carbocycles. The Morgan fingerprint density at radius 2 is 2.31 bits per heavy atom. The summed E-state index contributed by atoms with van der Waals surface area (Å²) in [7, 11) is 0. The van der Waals surface area contributed by atoms with Gasteiger partial charge in [0.15, 0.2) is 0 Å². The number of halogens is 1. The van der Waals surface area contributed by atoms with Gasteiger partial charge in [-0.25, -0.2) is 4.98 Å². The highest BCUT2D eigenvalue weighted by Crippen LogP contribution is 2.28. The Kier molecular flexibility index (Phi) is 4.24. The summed E-state index contributed by atoms with van der Waals surface area (Å²) < 4.78 is 18.4. The van der Waals surface area contributed by atoms with Crippen LogP contribution in [0.2, 0.25) is 0 Å². The van der Waals surface area contributed by atoms with Crippen molar-refractivity contribution in [2.75, 3.05) is 13.1 Å². The third-order valence-corrected chi connectivity index (χ3v) is 4.54. The number of amides is 1. The Labute approximate surface area is 149 Å². The number of carbonyl (C=O) groups is 1. The molecule has 0 aliphatic carbocycles. The van der Waals surface area contributed by atoms with Crippen molar-refractivity contribution in [2.45, 2.75) is 25.7 Å². The summed E-state index contributed by atoms with van der Waals surface area (Å²) in [6.07, 6.45) is 4.85. The van der Waals surface area contributed by atoms with Crippen molar-refractivity contribution in [1.29, 1.82) is 0 Å². The van der Waals surface area contributed by atoms with E-state index in [4.69, 9.17) is 4.52 Å². The molecule has 4 rings (SSSR count). The van der Waals surface area contributed by atoms with E-state index < -0.39 is 5.95 Å². The molecule has 7 nitrogen and oxygen atoms in total. The van der Waals surface area contributed by atoms with Crippen molar-refractivity contribution in [3.8, 4) is 11.5 Å². The zero-order valence-corrected chi connectivity index (χ0v) is 14.3. The minimum absolute atomic E-state index is 0.0154. The second kappa shape index (κ2) is 6.70. The molecule has 1 atom stereocenters. The van der Waals surface area contributed by atoms with Crippen LogP contribution in [0.1, 0.15) is 40.6 Å². The minimum Gasteiger partial charge on any atom is -0.358 e. The molecule has 1 saturated heterocycles. The van der Waals surface area contributed by atoms with Crippen LogP contribution in [0.5, 0.6) is 0 Å². The molecule has 3 aromatic heterocycles. The Hall–Kier alpha value is -3.03. The first-order valence-electron chi connectivity index (χ1n) is 8.50. The van der Waals surface area contributed by atoms with Gasteiger partial charge in [-0.05, 0) is 43.5 Å². The molecule has 4 heterocycles. The number of likely N-dealkylation sites (tertiary alicyclic amines) is 1. The summed E-state index contributed by atoms with van der Waals surface area (Å²) in [6.45, 7) is 3.11. The maximum absolute atomic E-state index is 13.0. The lowest BCUT2D eigenvalue weighted by Gasteiger charge is -2.31. The lowest BCUT2D eigenvalue weighted by atomic mass is 9.97. The molecule has 26 heavy (non-hydrogen) atoms. The topological polar surface area (TPSA) is 87.9 Å². The van der Waals surface area contributed by atoms with E-state index in [0.29, 0.717) is 30.4 Å². The number of nitrogens with zero attached hydrogens (tertiary/aromatic N) is 4. The normalized spacial score (nSPS) is 17.5. The zero-order valence-electron chi connectivity index (χ0n) is 14.3. The number of rotatable bonds is 3. The average Bonchev–Trinajstić information content (AvgIpc) is 3.31. The van der Waals surface area contributed by atoms with E-state index in [-0.39, 0.29) is 11.8 Å². The van der Waals surface area contributed by atoms with Crippen LogP contribution in [0, 0.1) is 12.9 Å². The second-order valence-electron chi connectivity index (χ2n) is 6.51. The van der Waals surface area contributed by atoms with Crippen LogP contribution < -0.4 is 0 Å². The maximum atomic E-state index is 13.0. The van der Waals surface area contributed by atoms with E-state index in [1.165, 1.54) is 18.3 Å². The first-order valence-corrected chi connectivity index (χ1v) is 8.50. The number of carbonyl (C=O) groups excluding carboxylic acids is 1. The molecule has 3 aromatic rings. The number of H-pyrrole nitrogens is 1. The third-order valence-electron chi connectivity index (χ3n) is 4.54. The van der Waals surface area contributed by atoms with Gasteiger partial charge in [-0.2, -0.15) is 9.37 Å². The number of hydrogen-bond donors (Lipinski definition) is 1. The lowest BCUT2D eigenvalue weighted by Crippen LogP contribution is -2.39. The van der Waals surface area contributed by atoms with Crippen molar-refractivity contribution < 1.29 is 13.7 Å². The summed E-state index contributed by atoms with van der Waals surface area (Å²) >= 11 is 0. The fraction of sp³-hybridized carbons (Fsp3) is 0.333. The standard InChI is InChI=1S/C18H18FN5O2/c1-11-7-14(20-8-11)16-22-17(26-23-16)13-3-2-6-24(10-13)18(25)12-4-5-15(19)21-9-12/h4-5,7-9,13,20H,2-3,6,10H2,1H3/t13-/m0/s1. The molecule has 0 bridgehead atoms. The molecular weight excluding hydrogens is 337 g/mol. The lowest BCUT2D eigenvalue weighted by molar-refractivity contribution is 0.0695. The first kappa shape index (κ1) is 16.4. The van der Waals surface area contributed by atoms with Crippen LogP contribution >= 0.6 is 0 Å². The molecule has 0 saturated carbocycles. The number of pyridine rings is 1. The monoisotopic (exact) mass is 355 g/mol. The van der Waals surface area contributed by atoms with Crippen LogP contribution in [-0.2, 0) is 0 Å². The predicted molar refractivity (Wildman–Crippen MR) is 90.9 cm³/mol. The molecule has 0 unspecified atom stereocenters. The Morgan fingerprint density at radius 3 is 3.04 bits per heavy atom. The van der Waals surface area contributed by atoms with E-state index in [2.05, 4.69) is 20.1 Å². The van der Waals surface area contributed by atoms with Crippen molar-refractivity contribution >= 4 is 5.91 Å². The number of aromatic nitrogens is 4. The number of piperidine rings is 1. The Bertz CT molecular complexity index is 918. The second-order valence-corrected chi connectivity index (χ2v) is 6.51. The summed E-state index contributed by atoms with van der Waals surface area (Å²) in [5.74, 6) is 0.262. The van der Waals surface area contributed by atoms with Gasteiger partial charge in [0, 0.05) is 25.5 Å². The van der Waals surface area contributed by atoms with E-state index >= 15 is 0 Å². The fourth-order valence-electron chi connectivity index (χ4n) is 3.19. The fourth-order valence-corrected chi connectivity index (χ4v) is 3.19. The number of aryl methyl sites for hydroxylation is 1. The summed E-state index contributed by atoms with van der Waals surface area (Å²) in [5, 5.41) is 4.04. The first-order chi connectivity index (χ1) is 12.6. The quantitative estimate of drug-likeness (QED) is 0.730. The molecule has 1 amide bonds. The average molecular weight is 355 g/mol. The van der Waals surface area contributed by atoms with Gasteiger partial charge in [-0.3, -0.25) is 4.79 Å². The van der Waals surface area contributed by atoms with Crippen LogP contribution in [0.15, 0.2) is 35.1 Å². The van der Waals surface area contributed by atoms with Gasteiger partial charge >= 0.3 is 0 Å². The highest BCUT2D eigenvalue weighted by atomic mass is 19.1. The van der Waals surface area contributed by atoms with Crippen LogP contribution in [0.25, 0.3) is 11.5 Å². The molecule has 0 spiro atoms. The SMILES string of the molecule is Cc1c[nH]c(-c2noc([C@H]3CCCN(C(=O)c4ccc(F)nc4)C3)n2)c1. The van der Waals surface area contributed by atoms with Crippen molar-refractivity contribution in [3.63, 3.8) is 0 Å². The molecule has 134 valence electrons. The van der Waals surface area contributed by atoms with Crippen LogP contribution in [0.3, 0.4) is 0 Å². The van der Waals surface area contributed by atoms with Crippen molar-refractivity contribution in [1.82, 2.24) is 25.0 Å². The molecule has 0 radical (unpaired) electrons. The van der Waals surface area contributed by atoms with Crippen molar-refractivity contribution in [3.05, 3.63) is 53.6 Å². The maximum Gasteiger partial charge on any atom is 0.255 e.